The van der Waals surface area contributed by atoms with Gasteiger partial charge in [0.1, 0.15) is 0 Å². The third-order valence-electron chi connectivity index (χ3n) is 4.18. The Morgan fingerprint density at radius 2 is 1.56 bits per heavy atom. The molecule has 0 bridgehead atoms. The van der Waals surface area contributed by atoms with E-state index in [1.54, 1.807) is 5.57 Å². The second-order valence-corrected chi connectivity index (χ2v) is 7.65. The summed E-state index contributed by atoms with van der Waals surface area (Å²) in [5, 5.41) is 0. The molecule has 92 valence electrons. The molecule has 0 saturated carbocycles. The Bertz CT molecular complexity index is 328. The van der Waals surface area contributed by atoms with E-state index in [2.05, 4.69) is 67.5 Å². The van der Waals surface area contributed by atoms with Gasteiger partial charge >= 0.3 is 0 Å². The van der Waals surface area contributed by atoms with E-state index in [1.807, 2.05) is 0 Å². The van der Waals surface area contributed by atoms with Gasteiger partial charge in [-0.2, -0.15) is 0 Å². The highest BCUT2D eigenvalue weighted by molar-refractivity contribution is 5.34. The van der Waals surface area contributed by atoms with Gasteiger partial charge in [-0.1, -0.05) is 71.8 Å². The lowest BCUT2D eigenvalue weighted by Crippen LogP contribution is -2.34. The molecule has 0 radical (unpaired) electrons. The van der Waals surface area contributed by atoms with Crippen molar-refractivity contribution in [2.75, 3.05) is 0 Å². The van der Waals surface area contributed by atoms with E-state index in [-0.39, 0.29) is 5.41 Å². The van der Waals surface area contributed by atoms with Gasteiger partial charge in [-0.05, 0) is 29.6 Å². The van der Waals surface area contributed by atoms with Gasteiger partial charge in [-0.25, -0.2) is 0 Å². The molecule has 1 aliphatic rings. The summed E-state index contributed by atoms with van der Waals surface area (Å²) >= 11 is 0. The Kier molecular flexibility index (Phi) is 3.18. The minimum atomic E-state index is 0.286. The second-order valence-electron chi connectivity index (χ2n) is 7.65. The van der Waals surface area contributed by atoms with Gasteiger partial charge in [0.25, 0.3) is 0 Å². The molecular formula is C16H28. The fraction of sp³-hybridized carbons (Fsp3) is 0.750. The van der Waals surface area contributed by atoms with Crippen molar-refractivity contribution in [2.24, 2.45) is 16.2 Å². The molecule has 0 heterocycles. The molecule has 0 aliphatic heterocycles. The third-order valence-corrected chi connectivity index (χ3v) is 4.18. The van der Waals surface area contributed by atoms with E-state index in [0.29, 0.717) is 10.8 Å². The molecule has 0 aromatic heterocycles. The number of hydrogen-bond donors (Lipinski definition) is 0. The summed E-state index contributed by atoms with van der Waals surface area (Å²) in [6.07, 6.45) is 6.03. The molecular weight excluding hydrogens is 192 g/mol. The molecule has 0 saturated heterocycles. The number of rotatable bonds is 0. The van der Waals surface area contributed by atoms with Crippen LogP contribution in [0.3, 0.4) is 0 Å². The summed E-state index contributed by atoms with van der Waals surface area (Å²) in [5.74, 6) is 0. The van der Waals surface area contributed by atoms with Gasteiger partial charge in [-0.15, -0.1) is 0 Å². The summed E-state index contributed by atoms with van der Waals surface area (Å²) in [6.45, 7) is 18.6. The summed E-state index contributed by atoms with van der Waals surface area (Å²) in [4.78, 5) is 0. The van der Waals surface area contributed by atoms with Crippen LogP contribution in [0.4, 0.5) is 0 Å². The Labute approximate surface area is 102 Å². The van der Waals surface area contributed by atoms with Crippen molar-refractivity contribution in [2.45, 2.75) is 61.8 Å². The first-order valence-corrected chi connectivity index (χ1v) is 6.36. The molecule has 1 aliphatic carbocycles. The highest BCUT2D eigenvalue weighted by Crippen LogP contribution is 2.50. The SMILES string of the molecule is CC1=CC(C)(C(C)(C)C)CC(C(C)(C)C)=C1. The van der Waals surface area contributed by atoms with Gasteiger partial charge in [-0.3, -0.25) is 0 Å². The molecule has 1 rings (SSSR count). The Balaban J connectivity index is 3.14. The molecule has 0 amide bonds. The lowest BCUT2D eigenvalue weighted by Gasteiger charge is -2.45. The van der Waals surface area contributed by atoms with Gasteiger partial charge in [0.05, 0.1) is 0 Å². The van der Waals surface area contributed by atoms with Crippen molar-refractivity contribution in [3.63, 3.8) is 0 Å². The van der Waals surface area contributed by atoms with Crippen molar-refractivity contribution in [3.05, 3.63) is 23.3 Å². The normalized spacial score (nSPS) is 27.5. The molecule has 16 heavy (non-hydrogen) atoms. The molecule has 0 aromatic carbocycles. The predicted octanol–water partition coefficient (Wildman–Crippen LogP) is 5.36. The maximum absolute atomic E-state index is 2.46. The Morgan fingerprint density at radius 3 is 1.94 bits per heavy atom. The van der Waals surface area contributed by atoms with Crippen molar-refractivity contribution in [1.82, 2.24) is 0 Å². The molecule has 0 heteroatoms. The van der Waals surface area contributed by atoms with Crippen molar-refractivity contribution in [3.8, 4) is 0 Å². The standard InChI is InChI=1S/C16H28/c1-12-9-13(14(2,3)4)11-16(8,10-12)15(5,6)7/h9-10H,11H2,1-8H3. The van der Waals surface area contributed by atoms with E-state index in [4.69, 9.17) is 0 Å². The zero-order chi connectivity index (χ0) is 12.8. The fourth-order valence-corrected chi connectivity index (χ4v) is 2.28. The topological polar surface area (TPSA) is 0 Å². The maximum Gasteiger partial charge on any atom is -0.00549 e. The van der Waals surface area contributed by atoms with Crippen LogP contribution in [0.5, 0.6) is 0 Å². The average molecular weight is 220 g/mol. The summed E-state index contributed by atoms with van der Waals surface area (Å²) < 4.78 is 0. The highest BCUT2D eigenvalue weighted by atomic mass is 14.4. The number of hydrogen-bond acceptors (Lipinski definition) is 0. The Morgan fingerprint density at radius 1 is 1.06 bits per heavy atom. The summed E-state index contributed by atoms with van der Waals surface area (Å²) in [5.41, 5.74) is 3.91. The minimum absolute atomic E-state index is 0.286. The molecule has 1 atom stereocenters. The lowest BCUT2D eigenvalue weighted by molar-refractivity contribution is 0.156. The lowest BCUT2D eigenvalue weighted by atomic mass is 9.60. The molecule has 0 spiro atoms. The smallest absolute Gasteiger partial charge is 0.00549 e. The van der Waals surface area contributed by atoms with Crippen molar-refractivity contribution >= 4 is 0 Å². The maximum atomic E-state index is 2.46. The van der Waals surface area contributed by atoms with Gasteiger partial charge in [0.15, 0.2) is 0 Å². The van der Waals surface area contributed by atoms with E-state index in [9.17, 15) is 0 Å². The van der Waals surface area contributed by atoms with Crippen LogP contribution in [0.15, 0.2) is 23.3 Å². The third kappa shape index (κ3) is 2.59. The highest BCUT2D eigenvalue weighted by Gasteiger charge is 2.39. The van der Waals surface area contributed by atoms with Crippen LogP contribution in [-0.2, 0) is 0 Å². The largest absolute Gasteiger partial charge is 0.0748 e. The molecule has 0 aromatic rings. The summed E-state index contributed by atoms with van der Waals surface area (Å²) in [7, 11) is 0. The molecule has 0 nitrogen and oxygen atoms in total. The van der Waals surface area contributed by atoms with Crippen LogP contribution in [0.1, 0.15) is 61.8 Å². The first-order chi connectivity index (χ1) is 6.96. The van der Waals surface area contributed by atoms with Crippen LogP contribution >= 0.6 is 0 Å². The van der Waals surface area contributed by atoms with Crippen molar-refractivity contribution < 1.29 is 0 Å². The molecule has 0 fully saturated rings. The summed E-state index contributed by atoms with van der Waals surface area (Å²) in [6, 6.07) is 0. The monoisotopic (exact) mass is 220 g/mol. The predicted molar refractivity (Wildman–Crippen MR) is 73.5 cm³/mol. The average Bonchev–Trinajstić information content (AvgIpc) is 1.98. The quantitative estimate of drug-likeness (QED) is 0.515. The minimum Gasteiger partial charge on any atom is -0.0748 e. The van der Waals surface area contributed by atoms with Crippen molar-refractivity contribution in [1.29, 1.82) is 0 Å². The van der Waals surface area contributed by atoms with Gasteiger partial charge in [0, 0.05) is 0 Å². The van der Waals surface area contributed by atoms with E-state index in [1.165, 1.54) is 12.0 Å². The van der Waals surface area contributed by atoms with E-state index < -0.39 is 0 Å². The molecule has 0 N–H and O–H groups in total. The fourth-order valence-electron chi connectivity index (χ4n) is 2.28. The van der Waals surface area contributed by atoms with Crippen LogP contribution < -0.4 is 0 Å². The second kappa shape index (κ2) is 3.75. The van der Waals surface area contributed by atoms with Gasteiger partial charge < -0.3 is 0 Å². The van der Waals surface area contributed by atoms with Crippen LogP contribution in [0.25, 0.3) is 0 Å². The van der Waals surface area contributed by atoms with Gasteiger partial charge in [0.2, 0.25) is 0 Å². The van der Waals surface area contributed by atoms with Crippen LogP contribution in [0.2, 0.25) is 0 Å². The van der Waals surface area contributed by atoms with E-state index >= 15 is 0 Å². The zero-order valence-corrected chi connectivity index (χ0v) is 12.4. The molecule has 1 unspecified atom stereocenters. The Hall–Kier alpha value is -0.520. The first kappa shape index (κ1) is 13.5. The van der Waals surface area contributed by atoms with Crippen LogP contribution in [-0.4, -0.2) is 0 Å². The first-order valence-electron chi connectivity index (χ1n) is 6.36. The van der Waals surface area contributed by atoms with Crippen LogP contribution in [0, 0.1) is 16.2 Å². The number of allylic oxidation sites excluding steroid dienone is 4. The van der Waals surface area contributed by atoms with E-state index in [0.717, 1.165) is 0 Å². The zero-order valence-electron chi connectivity index (χ0n) is 12.4.